The zero-order chi connectivity index (χ0) is 15.7. The van der Waals surface area contributed by atoms with E-state index < -0.39 is 23.9 Å². The third-order valence-corrected chi connectivity index (χ3v) is 2.81. The van der Waals surface area contributed by atoms with Crippen molar-refractivity contribution < 1.29 is 19.5 Å². The minimum atomic E-state index is -0.924. The van der Waals surface area contributed by atoms with Gasteiger partial charge < -0.3 is 21.5 Å². The molecule has 0 heterocycles. The molecule has 0 aliphatic carbocycles. The fraction of sp³-hybridized carbons (Fsp3) is 0.357. The number of carboxylic acids is 1. The Morgan fingerprint density at radius 2 is 1.81 bits per heavy atom. The summed E-state index contributed by atoms with van der Waals surface area (Å²) < 4.78 is 0. The molecule has 114 valence electrons. The van der Waals surface area contributed by atoms with E-state index in [9.17, 15) is 14.4 Å². The first kappa shape index (κ1) is 16.5. The number of nitrogens with two attached hydrogens (primary N) is 1. The van der Waals surface area contributed by atoms with E-state index >= 15 is 0 Å². The summed E-state index contributed by atoms with van der Waals surface area (Å²) >= 11 is 0. The summed E-state index contributed by atoms with van der Waals surface area (Å²) in [6.45, 7) is 0.140. The monoisotopic (exact) mass is 293 g/mol. The van der Waals surface area contributed by atoms with Crippen LogP contribution < -0.4 is 16.4 Å². The van der Waals surface area contributed by atoms with Gasteiger partial charge in [0.2, 0.25) is 5.91 Å². The largest absolute Gasteiger partial charge is 0.481 e. The molecule has 0 aromatic heterocycles. The number of amides is 3. The van der Waals surface area contributed by atoms with Crippen LogP contribution >= 0.6 is 0 Å². The number of hydrogen-bond donors (Lipinski definition) is 4. The van der Waals surface area contributed by atoms with Crippen LogP contribution in [0.4, 0.5) is 4.79 Å². The first-order chi connectivity index (χ1) is 9.99. The van der Waals surface area contributed by atoms with Crippen LogP contribution in [0.2, 0.25) is 0 Å². The maximum absolute atomic E-state index is 11.7. The lowest BCUT2D eigenvalue weighted by Crippen LogP contribution is -2.39. The van der Waals surface area contributed by atoms with Gasteiger partial charge in [-0.1, -0.05) is 30.3 Å². The van der Waals surface area contributed by atoms with Gasteiger partial charge >= 0.3 is 12.0 Å². The molecule has 7 heteroatoms. The van der Waals surface area contributed by atoms with Gasteiger partial charge in [0.05, 0.1) is 6.04 Å². The maximum atomic E-state index is 11.7. The number of carbonyl (C=O) groups excluding carboxylic acids is 2. The van der Waals surface area contributed by atoms with Crippen LogP contribution in [0.25, 0.3) is 0 Å². The predicted molar refractivity (Wildman–Crippen MR) is 76.4 cm³/mol. The van der Waals surface area contributed by atoms with E-state index in [2.05, 4.69) is 10.6 Å². The van der Waals surface area contributed by atoms with Crippen molar-refractivity contribution in [3.8, 4) is 0 Å². The maximum Gasteiger partial charge on any atom is 0.315 e. The Bertz CT molecular complexity index is 490. The van der Waals surface area contributed by atoms with E-state index in [-0.39, 0.29) is 25.8 Å². The fourth-order valence-corrected chi connectivity index (χ4v) is 1.78. The van der Waals surface area contributed by atoms with Gasteiger partial charge in [-0.05, 0) is 12.0 Å². The van der Waals surface area contributed by atoms with Crippen LogP contribution in [-0.4, -0.2) is 29.6 Å². The van der Waals surface area contributed by atoms with E-state index in [4.69, 9.17) is 10.8 Å². The van der Waals surface area contributed by atoms with Gasteiger partial charge in [0.15, 0.2) is 0 Å². The zero-order valence-electron chi connectivity index (χ0n) is 11.5. The first-order valence-corrected chi connectivity index (χ1v) is 6.58. The topological polar surface area (TPSA) is 122 Å². The van der Waals surface area contributed by atoms with Crippen LogP contribution in [0, 0.1) is 0 Å². The van der Waals surface area contributed by atoms with Crippen molar-refractivity contribution >= 4 is 17.9 Å². The van der Waals surface area contributed by atoms with Crippen molar-refractivity contribution in [3.63, 3.8) is 0 Å². The Morgan fingerprint density at radius 3 is 2.38 bits per heavy atom. The molecule has 0 spiro atoms. The number of carboxylic acid groups (broad SMARTS) is 1. The van der Waals surface area contributed by atoms with Crippen LogP contribution in [0.1, 0.15) is 30.9 Å². The highest BCUT2D eigenvalue weighted by Crippen LogP contribution is 2.18. The second-order valence-electron chi connectivity index (χ2n) is 4.51. The van der Waals surface area contributed by atoms with Gasteiger partial charge in [-0.3, -0.25) is 9.59 Å². The number of hydrogen-bond acceptors (Lipinski definition) is 3. The molecule has 0 saturated carbocycles. The normalized spacial score (nSPS) is 11.4. The van der Waals surface area contributed by atoms with Gasteiger partial charge in [-0.25, -0.2) is 4.79 Å². The van der Waals surface area contributed by atoms with E-state index in [1.807, 2.05) is 30.3 Å². The molecular formula is C14H19N3O4. The number of benzene rings is 1. The lowest BCUT2D eigenvalue weighted by Gasteiger charge is -2.18. The third kappa shape index (κ3) is 6.95. The smallest absolute Gasteiger partial charge is 0.315 e. The number of nitrogens with one attached hydrogen (secondary N) is 2. The molecule has 1 aromatic rings. The lowest BCUT2D eigenvalue weighted by atomic mass is 10.0. The quantitative estimate of drug-likeness (QED) is 0.565. The lowest BCUT2D eigenvalue weighted by molar-refractivity contribution is -0.137. The van der Waals surface area contributed by atoms with Crippen molar-refractivity contribution in [2.45, 2.75) is 25.3 Å². The van der Waals surface area contributed by atoms with Gasteiger partial charge in [0.1, 0.15) is 0 Å². The van der Waals surface area contributed by atoms with Crippen molar-refractivity contribution in [2.75, 3.05) is 6.54 Å². The standard InChI is InChI=1S/C14H19N3O4/c15-12(18)8-9-16-14(21)17-11(6-7-13(19)20)10-4-2-1-3-5-10/h1-5,11H,6-9H2,(H2,15,18)(H,19,20)(H2,16,17,21). The number of carbonyl (C=O) groups is 3. The van der Waals surface area contributed by atoms with Crippen LogP contribution in [0.3, 0.4) is 0 Å². The molecule has 0 radical (unpaired) electrons. The zero-order valence-corrected chi connectivity index (χ0v) is 11.5. The highest BCUT2D eigenvalue weighted by Gasteiger charge is 2.15. The highest BCUT2D eigenvalue weighted by atomic mass is 16.4. The van der Waals surface area contributed by atoms with Crippen molar-refractivity contribution in [3.05, 3.63) is 35.9 Å². The molecule has 21 heavy (non-hydrogen) atoms. The van der Waals surface area contributed by atoms with Crippen LogP contribution in [0.15, 0.2) is 30.3 Å². The molecule has 0 bridgehead atoms. The second kappa shape index (κ2) is 8.57. The predicted octanol–water partition coefficient (Wildman–Crippen LogP) is 0.767. The van der Waals surface area contributed by atoms with Crippen molar-refractivity contribution in [1.29, 1.82) is 0 Å². The molecule has 0 aliphatic rings. The summed E-state index contributed by atoms with van der Waals surface area (Å²) in [5.74, 6) is -1.42. The van der Waals surface area contributed by atoms with E-state index in [0.717, 1.165) is 5.56 Å². The fourth-order valence-electron chi connectivity index (χ4n) is 1.78. The average molecular weight is 293 g/mol. The summed E-state index contributed by atoms with van der Waals surface area (Å²) in [5.41, 5.74) is 5.80. The Morgan fingerprint density at radius 1 is 1.14 bits per heavy atom. The molecule has 1 atom stereocenters. The van der Waals surface area contributed by atoms with Gasteiger partial charge in [0.25, 0.3) is 0 Å². The first-order valence-electron chi connectivity index (χ1n) is 6.58. The minimum Gasteiger partial charge on any atom is -0.481 e. The minimum absolute atomic E-state index is 0.0541. The molecule has 0 aliphatic heterocycles. The molecule has 1 rings (SSSR count). The van der Waals surface area contributed by atoms with E-state index in [1.54, 1.807) is 0 Å². The van der Waals surface area contributed by atoms with E-state index in [0.29, 0.717) is 0 Å². The summed E-state index contributed by atoms with van der Waals surface area (Å²) in [5, 5.41) is 14.0. The number of urea groups is 1. The van der Waals surface area contributed by atoms with Gasteiger partial charge in [-0.2, -0.15) is 0 Å². The number of aliphatic carboxylic acids is 1. The molecule has 1 unspecified atom stereocenters. The van der Waals surface area contributed by atoms with Crippen molar-refractivity contribution in [2.24, 2.45) is 5.73 Å². The molecule has 7 nitrogen and oxygen atoms in total. The molecule has 0 fully saturated rings. The van der Waals surface area contributed by atoms with Gasteiger partial charge in [0, 0.05) is 19.4 Å². The van der Waals surface area contributed by atoms with E-state index in [1.165, 1.54) is 0 Å². The second-order valence-corrected chi connectivity index (χ2v) is 4.51. The third-order valence-electron chi connectivity index (χ3n) is 2.81. The van der Waals surface area contributed by atoms with Crippen molar-refractivity contribution in [1.82, 2.24) is 10.6 Å². The average Bonchev–Trinajstić information content (AvgIpc) is 2.43. The summed E-state index contributed by atoms with van der Waals surface area (Å²) in [4.78, 5) is 33.0. The molecule has 1 aromatic carbocycles. The van der Waals surface area contributed by atoms with Crippen LogP contribution in [0.5, 0.6) is 0 Å². The molecule has 0 saturated heterocycles. The Hall–Kier alpha value is -2.57. The Balaban J connectivity index is 2.58. The van der Waals surface area contributed by atoms with Crippen LogP contribution in [-0.2, 0) is 9.59 Å². The molecule has 5 N–H and O–H groups in total. The highest BCUT2D eigenvalue weighted by molar-refractivity contribution is 5.77. The molecular weight excluding hydrogens is 274 g/mol. The summed E-state index contributed by atoms with van der Waals surface area (Å²) in [7, 11) is 0. The summed E-state index contributed by atoms with van der Waals surface area (Å²) in [6, 6.07) is 8.23. The van der Waals surface area contributed by atoms with Gasteiger partial charge in [-0.15, -0.1) is 0 Å². The Kier molecular flexibility index (Phi) is 6.73. The number of rotatable bonds is 8. The summed E-state index contributed by atoms with van der Waals surface area (Å²) in [6.07, 6.45) is 0.280. The SMILES string of the molecule is NC(=O)CCNC(=O)NC(CCC(=O)O)c1ccccc1. The molecule has 3 amide bonds. The number of primary amides is 1. The Labute approximate surface area is 122 Å².